The zero-order chi connectivity index (χ0) is 25.4. The second kappa shape index (κ2) is 12.7. The Bertz CT molecular complexity index is 1290. The number of benzene rings is 3. The summed E-state index contributed by atoms with van der Waals surface area (Å²) in [6, 6.07) is 18.0. The Hall–Kier alpha value is -2.93. The third kappa shape index (κ3) is 7.28. The molecule has 0 radical (unpaired) electrons. The summed E-state index contributed by atoms with van der Waals surface area (Å²) in [5.41, 5.74) is 2.25. The minimum atomic E-state index is -0.477. The summed E-state index contributed by atoms with van der Waals surface area (Å²) in [5.74, 6) is 1.24. The molecule has 0 saturated heterocycles. The van der Waals surface area contributed by atoms with Crippen LogP contribution in [0.4, 0.5) is 0 Å². The Morgan fingerprint density at radius 3 is 2.46 bits per heavy atom. The summed E-state index contributed by atoms with van der Waals surface area (Å²) in [7, 11) is 3.11. The van der Waals surface area contributed by atoms with Gasteiger partial charge in [-0.3, -0.25) is 4.79 Å². The number of amides is 1. The highest BCUT2D eigenvalue weighted by molar-refractivity contribution is 14.1. The maximum atomic E-state index is 12.6. The average Bonchev–Trinajstić information content (AvgIpc) is 2.86. The standard InChI is InChI=1S/C26H21Cl2IN2O4/c1-33-21-7-3-16(4-8-21)14-31-26(32)19(13-30)9-17-10-23(29)25(24(11-17)34-2)35-15-18-5-6-20(27)12-22(18)28/h3-12H,14-15H2,1-2H3,(H,31,32)/b19-9-. The molecule has 1 N–H and O–H groups in total. The number of ether oxygens (including phenoxy) is 3. The summed E-state index contributed by atoms with van der Waals surface area (Å²) in [5, 5.41) is 13.4. The molecule has 0 aliphatic heterocycles. The van der Waals surface area contributed by atoms with Gasteiger partial charge in [0, 0.05) is 22.2 Å². The van der Waals surface area contributed by atoms with Gasteiger partial charge in [0.2, 0.25) is 0 Å². The van der Waals surface area contributed by atoms with Crippen molar-refractivity contribution in [2.45, 2.75) is 13.2 Å². The summed E-state index contributed by atoms with van der Waals surface area (Å²) in [6.07, 6.45) is 1.51. The quantitative estimate of drug-likeness (QED) is 0.169. The van der Waals surface area contributed by atoms with Crippen molar-refractivity contribution in [2.75, 3.05) is 14.2 Å². The van der Waals surface area contributed by atoms with Gasteiger partial charge in [0.25, 0.3) is 5.91 Å². The lowest BCUT2D eigenvalue weighted by Gasteiger charge is -2.14. The fraction of sp³-hybridized carbons (Fsp3) is 0.154. The first-order chi connectivity index (χ1) is 16.8. The molecular formula is C26H21Cl2IN2O4. The van der Waals surface area contributed by atoms with E-state index in [0.717, 1.165) is 20.4 Å². The Morgan fingerprint density at radius 2 is 1.83 bits per heavy atom. The summed E-state index contributed by atoms with van der Waals surface area (Å²) < 4.78 is 17.3. The number of halogens is 3. The first-order valence-corrected chi connectivity index (χ1v) is 12.1. The molecule has 35 heavy (non-hydrogen) atoms. The van der Waals surface area contributed by atoms with E-state index in [4.69, 9.17) is 37.4 Å². The van der Waals surface area contributed by atoms with Crippen molar-refractivity contribution in [3.05, 3.63) is 90.5 Å². The van der Waals surface area contributed by atoms with Crippen LogP contribution in [0, 0.1) is 14.9 Å². The number of hydrogen-bond donors (Lipinski definition) is 1. The molecule has 0 bridgehead atoms. The van der Waals surface area contributed by atoms with Crippen LogP contribution in [0.2, 0.25) is 10.0 Å². The van der Waals surface area contributed by atoms with Crippen LogP contribution in [0.1, 0.15) is 16.7 Å². The van der Waals surface area contributed by atoms with E-state index in [1.54, 1.807) is 49.6 Å². The van der Waals surface area contributed by atoms with Gasteiger partial charge in [0.05, 0.1) is 17.8 Å². The van der Waals surface area contributed by atoms with E-state index in [1.165, 1.54) is 13.2 Å². The van der Waals surface area contributed by atoms with Crippen LogP contribution >= 0.6 is 45.8 Å². The largest absolute Gasteiger partial charge is 0.497 e. The number of nitrogens with one attached hydrogen (secondary N) is 1. The SMILES string of the molecule is COc1ccc(CNC(=O)/C(C#N)=C\c2cc(I)c(OCc3ccc(Cl)cc3Cl)c(OC)c2)cc1. The molecule has 0 aliphatic carbocycles. The Kier molecular flexibility index (Phi) is 9.66. The number of carbonyl (C=O) groups is 1. The number of rotatable bonds is 9. The molecule has 9 heteroatoms. The van der Waals surface area contributed by atoms with Gasteiger partial charge in [-0.05, 0) is 76.2 Å². The molecule has 0 aromatic heterocycles. The van der Waals surface area contributed by atoms with Crippen molar-refractivity contribution >= 4 is 57.8 Å². The maximum Gasteiger partial charge on any atom is 0.262 e. The minimum Gasteiger partial charge on any atom is -0.497 e. The van der Waals surface area contributed by atoms with Crippen LogP contribution in [0.15, 0.2) is 60.2 Å². The predicted octanol–water partition coefficient (Wildman–Crippen LogP) is 6.42. The highest BCUT2D eigenvalue weighted by Gasteiger charge is 2.15. The summed E-state index contributed by atoms with van der Waals surface area (Å²) in [6.45, 7) is 0.498. The predicted molar refractivity (Wildman–Crippen MR) is 145 cm³/mol. The summed E-state index contributed by atoms with van der Waals surface area (Å²) in [4.78, 5) is 12.6. The summed E-state index contributed by atoms with van der Waals surface area (Å²) >= 11 is 14.3. The molecule has 0 fully saturated rings. The fourth-order valence-corrected chi connectivity index (χ4v) is 4.33. The molecule has 0 atom stereocenters. The van der Waals surface area contributed by atoms with E-state index in [9.17, 15) is 10.1 Å². The number of nitrogens with zero attached hydrogens (tertiary/aromatic N) is 1. The number of hydrogen-bond acceptors (Lipinski definition) is 5. The van der Waals surface area contributed by atoms with Gasteiger partial charge in [-0.2, -0.15) is 5.26 Å². The molecule has 3 aromatic rings. The Morgan fingerprint density at radius 1 is 1.09 bits per heavy atom. The molecule has 3 rings (SSSR count). The molecule has 1 amide bonds. The van der Waals surface area contributed by atoms with E-state index in [0.29, 0.717) is 27.1 Å². The number of carbonyl (C=O) groups excluding carboxylic acids is 1. The van der Waals surface area contributed by atoms with Gasteiger partial charge < -0.3 is 19.5 Å². The molecule has 3 aromatic carbocycles. The molecule has 0 heterocycles. The lowest BCUT2D eigenvalue weighted by Crippen LogP contribution is -2.23. The van der Waals surface area contributed by atoms with Crippen molar-refractivity contribution in [3.63, 3.8) is 0 Å². The molecule has 180 valence electrons. The smallest absolute Gasteiger partial charge is 0.262 e. The van der Waals surface area contributed by atoms with Crippen LogP contribution < -0.4 is 19.5 Å². The van der Waals surface area contributed by atoms with Crippen LogP contribution in [-0.2, 0) is 17.9 Å². The zero-order valence-corrected chi connectivity index (χ0v) is 22.6. The third-order valence-electron chi connectivity index (χ3n) is 4.93. The van der Waals surface area contributed by atoms with E-state index in [2.05, 4.69) is 27.9 Å². The first-order valence-electron chi connectivity index (χ1n) is 10.3. The van der Waals surface area contributed by atoms with Crippen LogP contribution in [0.5, 0.6) is 17.2 Å². The van der Waals surface area contributed by atoms with Crippen molar-refractivity contribution in [2.24, 2.45) is 0 Å². The van der Waals surface area contributed by atoms with Crippen LogP contribution in [0.3, 0.4) is 0 Å². The molecule has 0 saturated carbocycles. The maximum absolute atomic E-state index is 12.6. The third-order valence-corrected chi connectivity index (χ3v) is 6.32. The van der Waals surface area contributed by atoms with E-state index < -0.39 is 5.91 Å². The molecule has 0 unspecified atom stereocenters. The lowest BCUT2D eigenvalue weighted by molar-refractivity contribution is -0.117. The van der Waals surface area contributed by atoms with Gasteiger partial charge in [-0.1, -0.05) is 41.4 Å². The lowest BCUT2D eigenvalue weighted by atomic mass is 10.1. The normalized spacial score (nSPS) is 10.9. The molecular weight excluding hydrogens is 602 g/mol. The van der Waals surface area contributed by atoms with Crippen molar-refractivity contribution in [1.82, 2.24) is 5.32 Å². The molecule has 0 spiro atoms. The van der Waals surface area contributed by atoms with Gasteiger partial charge in [-0.25, -0.2) is 0 Å². The van der Waals surface area contributed by atoms with Crippen molar-refractivity contribution in [1.29, 1.82) is 5.26 Å². The first kappa shape index (κ1) is 26.7. The number of nitriles is 1. The van der Waals surface area contributed by atoms with Crippen LogP contribution in [-0.4, -0.2) is 20.1 Å². The van der Waals surface area contributed by atoms with Crippen molar-refractivity contribution in [3.8, 4) is 23.3 Å². The van der Waals surface area contributed by atoms with Crippen LogP contribution in [0.25, 0.3) is 6.08 Å². The van der Waals surface area contributed by atoms with E-state index in [1.807, 2.05) is 18.2 Å². The second-order valence-corrected chi connectivity index (χ2v) is 9.26. The van der Waals surface area contributed by atoms with Gasteiger partial charge in [-0.15, -0.1) is 0 Å². The minimum absolute atomic E-state index is 0.0296. The van der Waals surface area contributed by atoms with E-state index in [-0.39, 0.29) is 18.7 Å². The van der Waals surface area contributed by atoms with Gasteiger partial charge >= 0.3 is 0 Å². The Labute approximate surface area is 227 Å². The highest BCUT2D eigenvalue weighted by atomic mass is 127. The molecule has 0 aliphatic rings. The molecule has 6 nitrogen and oxygen atoms in total. The highest BCUT2D eigenvalue weighted by Crippen LogP contribution is 2.36. The monoisotopic (exact) mass is 622 g/mol. The zero-order valence-electron chi connectivity index (χ0n) is 18.9. The number of methoxy groups -OCH3 is 2. The fourth-order valence-electron chi connectivity index (χ4n) is 3.09. The average molecular weight is 623 g/mol. The van der Waals surface area contributed by atoms with E-state index >= 15 is 0 Å². The second-order valence-electron chi connectivity index (χ2n) is 7.26. The Balaban J connectivity index is 1.74. The van der Waals surface area contributed by atoms with Gasteiger partial charge in [0.1, 0.15) is 24.0 Å². The van der Waals surface area contributed by atoms with Gasteiger partial charge in [0.15, 0.2) is 11.5 Å². The van der Waals surface area contributed by atoms with Crippen molar-refractivity contribution < 1.29 is 19.0 Å². The topological polar surface area (TPSA) is 80.6 Å².